The normalized spacial score (nSPS) is 18.4. The fourth-order valence-electron chi connectivity index (χ4n) is 3.99. The number of amides is 2. The fourth-order valence-corrected chi connectivity index (χ4v) is 4.87. The summed E-state index contributed by atoms with van der Waals surface area (Å²) in [6, 6.07) is 14.8. The van der Waals surface area contributed by atoms with Crippen LogP contribution in [0.25, 0.3) is 0 Å². The van der Waals surface area contributed by atoms with Gasteiger partial charge in [-0.3, -0.25) is 9.59 Å². The van der Waals surface area contributed by atoms with Gasteiger partial charge < -0.3 is 10.2 Å². The summed E-state index contributed by atoms with van der Waals surface area (Å²) in [7, 11) is 0. The molecule has 4 rings (SSSR count). The first-order valence-electron chi connectivity index (χ1n) is 10.1. The van der Waals surface area contributed by atoms with Crippen LogP contribution < -0.4 is 5.32 Å². The second kappa shape index (κ2) is 8.40. The predicted molar refractivity (Wildman–Crippen MR) is 120 cm³/mol. The van der Waals surface area contributed by atoms with E-state index in [4.69, 9.17) is 0 Å². The molecule has 1 aliphatic rings. The molecule has 0 spiro atoms. The first kappa shape index (κ1) is 20.3. The van der Waals surface area contributed by atoms with Gasteiger partial charge in [0.1, 0.15) is 5.82 Å². The molecule has 154 valence electrons. The number of aryl methyl sites for hydroxylation is 1. The highest BCUT2D eigenvalue weighted by Crippen LogP contribution is 2.44. The average molecular weight is 420 g/mol. The topological polar surface area (TPSA) is 62.3 Å². The molecule has 0 saturated heterocycles. The van der Waals surface area contributed by atoms with Crippen molar-refractivity contribution in [2.45, 2.75) is 32.7 Å². The number of pyridine rings is 1. The zero-order valence-corrected chi connectivity index (χ0v) is 18.1. The molecule has 0 fully saturated rings. The number of anilines is 1. The monoisotopic (exact) mass is 419 g/mol. The molecule has 1 N–H and O–H groups in total. The van der Waals surface area contributed by atoms with Gasteiger partial charge in [0.2, 0.25) is 5.91 Å². The van der Waals surface area contributed by atoms with Gasteiger partial charge in [-0.15, -0.1) is 11.3 Å². The van der Waals surface area contributed by atoms with Crippen LogP contribution in [0.5, 0.6) is 0 Å². The molecule has 0 aliphatic carbocycles. The number of thiophene rings is 1. The first-order valence-corrected chi connectivity index (χ1v) is 11.0. The maximum absolute atomic E-state index is 13.6. The third kappa shape index (κ3) is 3.87. The van der Waals surface area contributed by atoms with E-state index in [-0.39, 0.29) is 23.8 Å². The van der Waals surface area contributed by atoms with Crippen molar-refractivity contribution in [1.29, 1.82) is 0 Å². The molecule has 2 amide bonds. The number of hydrogen-bond donors (Lipinski definition) is 1. The number of carbonyl (C=O) groups excluding carboxylic acids is 2. The van der Waals surface area contributed by atoms with Gasteiger partial charge in [-0.2, -0.15) is 0 Å². The summed E-state index contributed by atoms with van der Waals surface area (Å²) in [5.74, 6) is 0.109. The number of rotatable bonds is 5. The summed E-state index contributed by atoms with van der Waals surface area (Å²) < 4.78 is 0. The minimum atomic E-state index is -0.514. The van der Waals surface area contributed by atoms with E-state index in [1.54, 1.807) is 23.6 Å². The Kier molecular flexibility index (Phi) is 5.68. The Morgan fingerprint density at radius 1 is 1.17 bits per heavy atom. The summed E-state index contributed by atoms with van der Waals surface area (Å²) in [5.41, 5.74) is 2.40. The molecule has 2 aromatic heterocycles. The second-order valence-electron chi connectivity index (χ2n) is 8.09. The Balaban J connectivity index is 1.80. The van der Waals surface area contributed by atoms with Crippen LogP contribution in [0.3, 0.4) is 0 Å². The molecule has 3 heterocycles. The van der Waals surface area contributed by atoms with E-state index in [2.05, 4.69) is 24.1 Å². The molecule has 0 radical (unpaired) electrons. The second-order valence-corrected chi connectivity index (χ2v) is 9.07. The number of nitrogens with zero attached hydrogens (tertiary/aromatic N) is 2. The van der Waals surface area contributed by atoms with Crippen LogP contribution in [-0.2, 0) is 4.79 Å². The summed E-state index contributed by atoms with van der Waals surface area (Å²) >= 11 is 1.58. The van der Waals surface area contributed by atoms with Gasteiger partial charge >= 0.3 is 0 Å². The van der Waals surface area contributed by atoms with Crippen molar-refractivity contribution < 1.29 is 9.59 Å². The lowest BCUT2D eigenvalue weighted by molar-refractivity contribution is -0.119. The Bertz CT molecular complexity index is 1040. The molecule has 1 aliphatic heterocycles. The van der Waals surface area contributed by atoms with Crippen molar-refractivity contribution in [3.05, 3.63) is 81.7 Å². The molecule has 0 unspecified atom stereocenters. The smallest absolute Gasteiger partial charge is 0.254 e. The molecule has 6 heteroatoms. The number of fused-ring (bicyclic) bond motifs is 1. The Morgan fingerprint density at radius 2 is 1.97 bits per heavy atom. The van der Waals surface area contributed by atoms with Gasteiger partial charge in [-0.25, -0.2) is 4.98 Å². The third-order valence-electron chi connectivity index (χ3n) is 5.28. The zero-order chi connectivity index (χ0) is 21.3. The highest BCUT2D eigenvalue weighted by Gasteiger charge is 2.44. The fraction of sp³-hybridized carbons (Fsp3) is 0.292. The van der Waals surface area contributed by atoms with Crippen molar-refractivity contribution in [2.75, 3.05) is 11.9 Å². The van der Waals surface area contributed by atoms with Crippen molar-refractivity contribution in [3.63, 3.8) is 0 Å². The number of carbonyl (C=O) groups is 2. The molecule has 5 nitrogen and oxygen atoms in total. The van der Waals surface area contributed by atoms with E-state index >= 15 is 0 Å². The number of nitrogens with one attached hydrogen (secondary N) is 1. The van der Waals surface area contributed by atoms with Crippen LogP contribution >= 0.6 is 11.3 Å². The lowest BCUT2D eigenvalue weighted by Gasteiger charge is -2.41. The van der Waals surface area contributed by atoms with Crippen molar-refractivity contribution in [1.82, 2.24) is 9.88 Å². The van der Waals surface area contributed by atoms with E-state index < -0.39 is 5.92 Å². The van der Waals surface area contributed by atoms with Crippen LogP contribution in [0.15, 0.2) is 60.1 Å². The van der Waals surface area contributed by atoms with Crippen molar-refractivity contribution in [2.24, 2.45) is 5.92 Å². The average Bonchev–Trinajstić information content (AvgIpc) is 3.25. The van der Waals surface area contributed by atoms with Crippen LogP contribution in [0.2, 0.25) is 0 Å². The van der Waals surface area contributed by atoms with Crippen LogP contribution in [0.1, 0.15) is 52.2 Å². The standard InChI is InChI=1S/C24H25N3O2S/c1-15(2)14-27-22(19-9-6-12-30-19)21(17-7-4-5-8-18(17)24(27)29)23(28)26-20-11-10-16(3)13-25-20/h4-13,15,21-22H,14H2,1-3H3,(H,25,26,28)/t21-,22-/m1/s1. The van der Waals surface area contributed by atoms with Gasteiger partial charge in [0, 0.05) is 23.2 Å². The van der Waals surface area contributed by atoms with E-state index in [1.807, 2.05) is 59.7 Å². The van der Waals surface area contributed by atoms with E-state index in [1.165, 1.54) is 0 Å². The van der Waals surface area contributed by atoms with Crippen molar-refractivity contribution in [3.8, 4) is 0 Å². The molecular weight excluding hydrogens is 394 g/mol. The summed E-state index contributed by atoms with van der Waals surface area (Å²) in [6.45, 7) is 6.72. The number of aromatic nitrogens is 1. The van der Waals surface area contributed by atoms with Crippen LogP contribution in [0.4, 0.5) is 5.82 Å². The SMILES string of the molecule is Cc1ccc(NC(=O)[C@@H]2c3ccccc3C(=O)N(CC(C)C)[C@@H]2c2cccs2)nc1. The molecule has 30 heavy (non-hydrogen) atoms. The van der Waals surface area contributed by atoms with Gasteiger partial charge in [-0.1, -0.05) is 44.2 Å². The van der Waals surface area contributed by atoms with Gasteiger partial charge in [0.25, 0.3) is 5.91 Å². The summed E-state index contributed by atoms with van der Waals surface area (Å²) in [6.07, 6.45) is 1.73. The van der Waals surface area contributed by atoms with E-state index in [0.29, 0.717) is 17.9 Å². The Labute approximate surface area is 180 Å². The zero-order valence-electron chi connectivity index (χ0n) is 17.3. The van der Waals surface area contributed by atoms with E-state index in [9.17, 15) is 9.59 Å². The Hall–Kier alpha value is -2.99. The maximum atomic E-state index is 13.6. The van der Waals surface area contributed by atoms with Crippen molar-refractivity contribution >= 4 is 29.0 Å². The van der Waals surface area contributed by atoms with Crippen LogP contribution in [0, 0.1) is 12.8 Å². The summed E-state index contributed by atoms with van der Waals surface area (Å²) in [4.78, 5) is 34.2. The maximum Gasteiger partial charge on any atom is 0.254 e. The third-order valence-corrected chi connectivity index (χ3v) is 6.22. The van der Waals surface area contributed by atoms with Gasteiger partial charge in [-0.05, 0) is 47.5 Å². The minimum Gasteiger partial charge on any atom is -0.329 e. The highest BCUT2D eigenvalue weighted by molar-refractivity contribution is 7.10. The highest BCUT2D eigenvalue weighted by atomic mass is 32.1. The number of hydrogen-bond acceptors (Lipinski definition) is 4. The minimum absolute atomic E-state index is 0.0183. The first-order chi connectivity index (χ1) is 14.5. The number of benzene rings is 1. The predicted octanol–water partition coefficient (Wildman–Crippen LogP) is 5.03. The molecule has 0 saturated carbocycles. The molecule has 2 atom stereocenters. The lowest BCUT2D eigenvalue weighted by Crippen LogP contribution is -2.47. The van der Waals surface area contributed by atoms with Crippen LogP contribution in [-0.4, -0.2) is 28.2 Å². The van der Waals surface area contributed by atoms with E-state index in [0.717, 1.165) is 16.0 Å². The quantitative estimate of drug-likeness (QED) is 0.631. The lowest BCUT2D eigenvalue weighted by atomic mass is 9.81. The summed E-state index contributed by atoms with van der Waals surface area (Å²) in [5, 5.41) is 4.97. The Morgan fingerprint density at radius 3 is 2.63 bits per heavy atom. The molecular formula is C24H25N3O2S. The molecule has 3 aromatic rings. The van der Waals surface area contributed by atoms with Gasteiger partial charge in [0.05, 0.1) is 12.0 Å². The largest absolute Gasteiger partial charge is 0.329 e. The molecule has 0 bridgehead atoms. The molecule has 1 aromatic carbocycles. The van der Waals surface area contributed by atoms with Gasteiger partial charge in [0.15, 0.2) is 0 Å².